The van der Waals surface area contributed by atoms with Crippen molar-refractivity contribution in [2.45, 2.75) is 11.6 Å². The van der Waals surface area contributed by atoms with Crippen molar-refractivity contribution in [2.75, 3.05) is 22.5 Å². The van der Waals surface area contributed by atoms with Gasteiger partial charge in [0.15, 0.2) is 5.16 Å². The molecule has 0 spiro atoms. The van der Waals surface area contributed by atoms with Crippen LogP contribution in [-0.2, 0) is 4.79 Å². The first-order valence-corrected chi connectivity index (χ1v) is 7.47. The maximum atomic E-state index is 11.8. The molecule has 0 radical (unpaired) electrons. The third-order valence-corrected chi connectivity index (χ3v) is 3.53. The molecule has 8 heteroatoms. The summed E-state index contributed by atoms with van der Waals surface area (Å²) in [5.41, 5.74) is 11.8. The first-order valence-electron chi connectivity index (χ1n) is 6.11. The Bertz CT molecular complexity index is 615. The fraction of sp³-hybridized carbons (Fsp3) is 0.154. The van der Waals surface area contributed by atoms with E-state index in [2.05, 4.69) is 15.3 Å². The summed E-state index contributed by atoms with van der Waals surface area (Å²) in [6.45, 7) is 0. The second-order valence-electron chi connectivity index (χ2n) is 4.15. The van der Waals surface area contributed by atoms with E-state index in [1.807, 2.05) is 0 Å². The number of nitrogens with one attached hydrogen (secondary N) is 1. The molecule has 0 aliphatic carbocycles. The van der Waals surface area contributed by atoms with Crippen LogP contribution in [0.4, 0.5) is 17.3 Å². The number of benzene rings is 1. The number of amides is 1. The van der Waals surface area contributed by atoms with Crippen LogP contribution in [0.1, 0.15) is 6.42 Å². The standard InChI is InChI=1S/C13H14ClN5OS/c14-8-1-3-9(4-2-8)17-12(20)5-6-21-13-18-10(15)7-11(16)19-13/h1-4,7H,5-6H2,(H,17,20)(H4,15,16,18,19). The number of nitrogens with two attached hydrogens (primary N) is 2. The maximum absolute atomic E-state index is 11.8. The van der Waals surface area contributed by atoms with Crippen LogP contribution in [0.5, 0.6) is 0 Å². The number of anilines is 3. The van der Waals surface area contributed by atoms with Crippen molar-refractivity contribution in [3.05, 3.63) is 35.4 Å². The van der Waals surface area contributed by atoms with E-state index in [1.165, 1.54) is 17.8 Å². The summed E-state index contributed by atoms with van der Waals surface area (Å²) in [5.74, 6) is 1.07. The highest BCUT2D eigenvalue weighted by atomic mass is 35.5. The Labute approximate surface area is 131 Å². The summed E-state index contributed by atoms with van der Waals surface area (Å²) >= 11 is 7.10. The predicted octanol–water partition coefficient (Wildman–Crippen LogP) is 2.42. The van der Waals surface area contributed by atoms with Gasteiger partial charge in [-0.1, -0.05) is 23.4 Å². The smallest absolute Gasteiger partial charge is 0.225 e. The molecule has 2 rings (SSSR count). The van der Waals surface area contributed by atoms with Gasteiger partial charge in [-0.25, -0.2) is 9.97 Å². The topological polar surface area (TPSA) is 107 Å². The minimum atomic E-state index is -0.0957. The third kappa shape index (κ3) is 5.13. The normalized spacial score (nSPS) is 10.3. The number of nitrogens with zero attached hydrogens (tertiary/aromatic N) is 2. The van der Waals surface area contributed by atoms with Gasteiger partial charge in [-0.3, -0.25) is 4.79 Å². The van der Waals surface area contributed by atoms with Crippen molar-refractivity contribution in [3.63, 3.8) is 0 Å². The van der Waals surface area contributed by atoms with Crippen molar-refractivity contribution in [1.29, 1.82) is 0 Å². The number of carbonyl (C=O) groups is 1. The van der Waals surface area contributed by atoms with Gasteiger partial charge >= 0.3 is 0 Å². The SMILES string of the molecule is Nc1cc(N)nc(SCCC(=O)Nc2ccc(Cl)cc2)n1. The molecule has 5 N–H and O–H groups in total. The molecule has 0 atom stereocenters. The summed E-state index contributed by atoms with van der Waals surface area (Å²) in [5, 5.41) is 3.87. The van der Waals surface area contributed by atoms with E-state index in [0.717, 1.165) is 0 Å². The molecule has 110 valence electrons. The van der Waals surface area contributed by atoms with E-state index >= 15 is 0 Å². The second kappa shape index (κ2) is 7.14. The Hall–Kier alpha value is -1.99. The molecule has 0 aliphatic heterocycles. The summed E-state index contributed by atoms with van der Waals surface area (Å²) in [7, 11) is 0. The molecule has 1 aromatic carbocycles. The molecule has 1 heterocycles. The van der Waals surface area contributed by atoms with Crippen molar-refractivity contribution in [3.8, 4) is 0 Å². The van der Waals surface area contributed by atoms with Gasteiger partial charge in [-0.15, -0.1) is 0 Å². The minimum absolute atomic E-state index is 0.0957. The van der Waals surface area contributed by atoms with Crippen molar-refractivity contribution < 1.29 is 4.79 Å². The number of nitrogen functional groups attached to an aromatic ring is 2. The quantitative estimate of drug-likeness (QED) is 0.576. The van der Waals surface area contributed by atoms with Crippen LogP contribution in [0.25, 0.3) is 0 Å². The molecular weight excluding hydrogens is 310 g/mol. The molecule has 0 aliphatic rings. The first kappa shape index (κ1) is 15.4. The Morgan fingerprint density at radius 2 is 1.81 bits per heavy atom. The zero-order chi connectivity index (χ0) is 15.2. The average Bonchev–Trinajstić information content (AvgIpc) is 2.40. The lowest BCUT2D eigenvalue weighted by Gasteiger charge is -2.05. The van der Waals surface area contributed by atoms with Crippen LogP contribution in [-0.4, -0.2) is 21.6 Å². The summed E-state index contributed by atoms with van der Waals surface area (Å²) in [4.78, 5) is 19.8. The molecule has 1 amide bonds. The number of hydrogen-bond acceptors (Lipinski definition) is 6. The van der Waals surface area contributed by atoms with E-state index in [-0.39, 0.29) is 5.91 Å². The van der Waals surface area contributed by atoms with Gasteiger partial charge in [0.1, 0.15) is 11.6 Å². The highest BCUT2D eigenvalue weighted by Crippen LogP contribution is 2.18. The third-order valence-electron chi connectivity index (χ3n) is 2.43. The molecule has 0 saturated carbocycles. The largest absolute Gasteiger partial charge is 0.383 e. The van der Waals surface area contributed by atoms with Crippen LogP contribution in [0.2, 0.25) is 5.02 Å². The Morgan fingerprint density at radius 1 is 1.19 bits per heavy atom. The molecular formula is C13H14ClN5OS. The number of thioether (sulfide) groups is 1. The molecule has 6 nitrogen and oxygen atoms in total. The van der Waals surface area contributed by atoms with Crippen molar-refractivity contribution in [1.82, 2.24) is 9.97 Å². The lowest BCUT2D eigenvalue weighted by atomic mass is 10.3. The summed E-state index contributed by atoms with van der Waals surface area (Å²) < 4.78 is 0. The fourth-order valence-electron chi connectivity index (χ4n) is 1.52. The van der Waals surface area contributed by atoms with E-state index in [1.54, 1.807) is 24.3 Å². The zero-order valence-corrected chi connectivity index (χ0v) is 12.6. The molecule has 21 heavy (non-hydrogen) atoms. The van der Waals surface area contributed by atoms with Gasteiger partial charge in [0.05, 0.1) is 0 Å². The number of carbonyl (C=O) groups excluding carboxylic acids is 1. The fourth-order valence-corrected chi connectivity index (χ4v) is 2.45. The van der Waals surface area contributed by atoms with E-state index in [0.29, 0.717) is 39.7 Å². The predicted molar refractivity (Wildman–Crippen MR) is 86.3 cm³/mol. The minimum Gasteiger partial charge on any atom is -0.383 e. The van der Waals surface area contributed by atoms with E-state index in [9.17, 15) is 4.79 Å². The Morgan fingerprint density at radius 3 is 2.43 bits per heavy atom. The van der Waals surface area contributed by atoms with Gasteiger partial charge in [-0.2, -0.15) is 0 Å². The molecule has 2 aromatic rings. The second-order valence-corrected chi connectivity index (χ2v) is 5.65. The van der Waals surface area contributed by atoms with Crippen LogP contribution in [0.15, 0.2) is 35.5 Å². The molecule has 1 aromatic heterocycles. The van der Waals surface area contributed by atoms with Gasteiger partial charge < -0.3 is 16.8 Å². The molecule has 0 fully saturated rings. The number of halogens is 1. The van der Waals surface area contributed by atoms with Gasteiger partial charge in [-0.05, 0) is 24.3 Å². The van der Waals surface area contributed by atoms with Gasteiger partial charge in [0.2, 0.25) is 5.91 Å². The van der Waals surface area contributed by atoms with Crippen LogP contribution in [0.3, 0.4) is 0 Å². The average molecular weight is 324 g/mol. The van der Waals surface area contributed by atoms with Crippen LogP contribution < -0.4 is 16.8 Å². The Kier molecular flexibility index (Phi) is 5.24. The molecule has 0 bridgehead atoms. The van der Waals surface area contributed by atoms with Gasteiger partial charge in [0, 0.05) is 29.0 Å². The van der Waals surface area contributed by atoms with Crippen molar-refractivity contribution in [2.24, 2.45) is 0 Å². The first-order chi connectivity index (χ1) is 10.0. The number of aromatic nitrogens is 2. The highest BCUT2D eigenvalue weighted by molar-refractivity contribution is 7.99. The Balaban J connectivity index is 1.80. The zero-order valence-electron chi connectivity index (χ0n) is 11.0. The number of rotatable bonds is 5. The summed E-state index contributed by atoms with van der Waals surface area (Å²) in [6.07, 6.45) is 0.325. The lowest BCUT2D eigenvalue weighted by molar-refractivity contribution is -0.115. The molecule has 0 unspecified atom stereocenters. The van der Waals surface area contributed by atoms with E-state index in [4.69, 9.17) is 23.1 Å². The molecule has 0 saturated heterocycles. The van der Waals surface area contributed by atoms with Crippen LogP contribution >= 0.6 is 23.4 Å². The van der Waals surface area contributed by atoms with E-state index < -0.39 is 0 Å². The highest BCUT2D eigenvalue weighted by Gasteiger charge is 2.05. The van der Waals surface area contributed by atoms with Gasteiger partial charge in [0.25, 0.3) is 0 Å². The summed E-state index contributed by atoms with van der Waals surface area (Å²) in [6, 6.07) is 8.41. The van der Waals surface area contributed by atoms with Crippen LogP contribution in [0, 0.1) is 0 Å². The lowest BCUT2D eigenvalue weighted by Crippen LogP contribution is -2.12. The number of hydrogen-bond donors (Lipinski definition) is 3. The van der Waals surface area contributed by atoms with Crippen molar-refractivity contribution >= 4 is 46.6 Å². The monoisotopic (exact) mass is 323 g/mol. The maximum Gasteiger partial charge on any atom is 0.225 e.